The van der Waals surface area contributed by atoms with Crippen molar-refractivity contribution >= 4 is 35.0 Å². The summed E-state index contributed by atoms with van der Waals surface area (Å²) in [6, 6.07) is 5.39. The van der Waals surface area contributed by atoms with Gasteiger partial charge in [0.05, 0.1) is 10.9 Å². The summed E-state index contributed by atoms with van der Waals surface area (Å²) in [4.78, 5) is 31.7. The Morgan fingerprint density at radius 3 is 3.00 bits per heavy atom. The first-order valence-electron chi connectivity index (χ1n) is 7.80. The van der Waals surface area contributed by atoms with E-state index in [2.05, 4.69) is 15.3 Å². The number of anilines is 1. The number of carbonyl (C=O) groups is 1. The number of carbonyl (C=O) groups excluding carboxylic acids is 1. The van der Waals surface area contributed by atoms with Gasteiger partial charge in [-0.05, 0) is 50.8 Å². The van der Waals surface area contributed by atoms with Crippen LogP contribution in [0.3, 0.4) is 0 Å². The fourth-order valence-corrected chi connectivity index (χ4v) is 3.66. The number of hydrogen-bond acceptors (Lipinski definition) is 4. The topological polar surface area (TPSA) is 74.8 Å². The predicted octanol–water partition coefficient (Wildman–Crippen LogP) is 3.34. The van der Waals surface area contributed by atoms with Crippen molar-refractivity contribution in [3.63, 3.8) is 0 Å². The van der Waals surface area contributed by atoms with E-state index in [0.717, 1.165) is 36.1 Å². The zero-order valence-corrected chi connectivity index (χ0v) is 15.1. The molecular formula is C17H18ClN3O2S. The molecule has 0 bridgehead atoms. The van der Waals surface area contributed by atoms with Crippen molar-refractivity contribution in [1.82, 2.24) is 9.97 Å². The van der Waals surface area contributed by atoms with Gasteiger partial charge >= 0.3 is 0 Å². The van der Waals surface area contributed by atoms with Crippen LogP contribution in [0.4, 0.5) is 5.69 Å². The van der Waals surface area contributed by atoms with Crippen LogP contribution >= 0.6 is 23.4 Å². The van der Waals surface area contributed by atoms with Crippen molar-refractivity contribution in [3.05, 3.63) is 50.4 Å². The SMILES string of the molecule is Cc1c(Cl)cccc1NC(=O)[C@H](C)Sc1nc2c(c(=O)[nH]1)CCC2. The summed E-state index contributed by atoms with van der Waals surface area (Å²) in [6.07, 6.45) is 2.57. The largest absolute Gasteiger partial charge is 0.325 e. The highest BCUT2D eigenvalue weighted by Gasteiger charge is 2.21. The summed E-state index contributed by atoms with van der Waals surface area (Å²) >= 11 is 7.32. The first kappa shape index (κ1) is 17.0. The number of H-pyrrole nitrogens is 1. The number of benzene rings is 1. The lowest BCUT2D eigenvalue weighted by atomic mass is 10.2. The molecule has 24 heavy (non-hydrogen) atoms. The second-order valence-electron chi connectivity index (χ2n) is 5.81. The maximum Gasteiger partial charge on any atom is 0.254 e. The van der Waals surface area contributed by atoms with Crippen LogP contribution < -0.4 is 10.9 Å². The number of aromatic amines is 1. The van der Waals surface area contributed by atoms with Crippen LogP contribution in [-0.2, 0) is 17.6 Å². The Kier molecular flexibility index (Phi) is 4.96. The second-order valence-corrected chi connectivity index (χ2v) is 7.55. The Labute approximate surface area is 149 Å². The molecule has 0 spiro atoms. The second kappa shape index (κ2) is 6.99. The van der Waals surface area contributed by atoms with Crippen LogP contribution in [0.2, 0.25) is 5.02 Å². The molecule has 126 valence electrons. The van der Waals surface area contributed by atoms with Crippen molar-refractivity contribution in [3.8, 4) is 0 Å². The molecular weight excluding hydrogens is 346 g/mol. The number of amides is 1. The highest BCUT2D eigenvalue weighted by Crippen LogP contribution is 2.26. The van der Waals surface area contributed by atoms with Gasteiger partial charge in [-0.1, -0.05) is 29.4 Å². The number of nitrogens with zero attached hydrogens (tertiary/aromatic N) is 1. The molecule has 1 aromatic carbocycles. The summed E-state index contributed by atoms with van der Waals surface area (Å²) in [6.45, 7) is 3.64. The standard InChI is InChI=1S/C17H18ClN3O2S/c1-9-12(18)6-4-7-13(9)19-15(22)10(2)24-17-20-14-8-3-5-11(14)16(23)21-17/h4,6-7,10H,3,5,8H2,1-2H3,(H,19,22)(H,20,21,23)/t10-/m0/s1. The van der Waals surface area contributed by atoms with E-state index >= 15 is 0 Å². The summed E-state index contributed by atoms with van der Waals surface area (Å²) < 4.78 is 0. The Hall–Kier alpha value is -1.79. The van der Waals surface area contributed by atoms with Gasteiger partial charge in [0.1, 0.15) is 0 Å². The van der Waals surface area contributed by atoms with Crippen molar-refractivity contribution in [2.75, 3.05) is 5.32 Å². The minimum absolute atomic E-state index is 0.0849. The van der Waals surface area contributed by atoms with Gasteiger partial charge in [0.15, 0.2) is 5.16 Å². The number of nitrogens with one attached hydrogen (secondary N) is 2. The average Bonchev–Trinajstić information content (AvgIpc) is 3.00. The molecule has 0 unspecified atom stereocenters. The van der Waals surface area contributed by atoms with Crippen LogP contribution in [0, 0.1) is 6.92 Å². The van der Waals surface area contributed by atoms with Gasteiger partial charge in [0, 0.05) is 16.3 Å². The lowest BCUT2D eigenvalue weighted by molar-refractivity contribution is -0.115. The molecule has 0 aliphatic heterocycles. The number of aromatic nitrogens is 2. The number of hydrogen-bond donors (Lipinski definition) is 2. The van der Waals surface area contributed by atoms with Crippen LogP contribution in [-0.4, -0.2) is 21.1 Å². The van der Waals surface area contributed by atoms with Crippen molar-refractivity contribution in [2.45, 2.75) is 43.5 Å². The molecule has 1 aromatic heterocycles. The van der Waals surface area contributed by atoms with Crippen LogP contribution in [0.25, 0.3) is 0 Å². The monoisotopic (exact) mass is 363 g/mol. The maximum atomic E-state index is 12.4. The predicted molar refractivity (Wildman–Crippen MR) is 97.0 cm³/mol. The highest BCUT2D eigenvalue weighted by atomic mass is 35.5. The van der Waals surface area contributed by atoms with E-state index in [1.165, 1.54) is 11.8 Å². The van der Waals surface area contributed by atoms with E-state index in [9.17, 15) is 9.59 Å². The molecule has 1 atom stereocenters. The van der Waals surface area contributed by atoms with Gasteiger partial charge in [0.25, 0.3) is 5.56 Å². The summed E-state index contributed by atoms with van der Waals surface area (Å²) in [5, 5.41) is 3.58. The molecule has 1 heterocycles. The molecule has 5 nitrogen and oxygen atoms in total. The van der Waals surface area contributed by atoms with E-state index in [1.54, 1.807) is 19.1 Å². The summed E-state index contributed by atoms with van der Waals surface area (Å²) in [5.74, 6) is -0.159. The quantitative estimate of drug-likeness (QED) is 0.645. The van der Waals surface area contributed by atoms with Crippen molar-refractivity contribution < 1.29 is 4.79 Å². The Balaban J connectivity index is 1.72. The number of halogens is 1. The van der Waals surface area contributed by atoms with E-state index in [-0.39, 0.29) is 11.5 Å². The van der Waals surface area contributed by atoms with Gasteiger partial charge in [-0.3, -0.25) is 9.59 Å². The average molecular weight is 364 g/mol. The molecule has 7 heteroatoms. The third-order valence-corrected chi connectivity index (χ3v) is 5.50. The lowest BCUT2D eigenvalue weighted by Crippen LogP contribution is -2.24. The van der Waals surface area contributed by atoms with Gasteiger partial charge < -0.3 is 10.3 Å². The Morgan fingerprint density at radius 2 is 2.21 bits per heavy atom. The maximum absolute atomic E-state index is 12.4. The van der Waals surface area contributed by atoms with Crippen LogP contribution in [0.5, 0.6) is 0 Å². The smallest absolute Gasteiger partial charge is 0.254 e. The Morgan fingerprint density at radius 1 is 1.42 bits per heavy atom. The van der Waals surface area contributed by atoms with Crippen molar-refractivity contribution in [2.24, 2.45) is 0 Å². The zero-order chi connectivity index (χ0) is 17.3. The van der Waals surface area contributed by atoms with Gasteiger partial charge in [-0.15, -0.1) is 0 Å². The number of fused-ring (bicyclic) bond motifs is 1. The molecule has 3 rings (SSSR count). The van der Waals surface area contributed by atoms with E-state index in [0.29, 0.717) is 15.9 Å². The normalized spacial score (nSPS) is 14.3. The van der Waals surface area contributed by atoms with E-state index < -0.39 is 5.25 Å². The lowest BCUT2D eigenvalue weighted by Gasteiger charge is -2.14. The fraction of sp³-hybridized carbons (Fsp3) is 0.353. The molecule has 1 amide bonds. The van der Waals surface area contributed by atoms with E-state index in [4.69, 9.17) is 11.6 Å². The summed E-state index contributed by atoms with van der Waals surface area (Å²) in [7, 11) is 0. The van der Waals surface area contributed by atoms with Gasteiger partial charge in [0.2, 0.25) is 5.91 Å². The number of rotatable bonds is 4. The zero-order valence-electron chi connectivity index (χ0n) is 13.5. The third kappa shape index (κ3) is 3.49. The van der Waals surface area contributed by atoms with Crippen LogP contribution in [0.15, 0.2) is 28.2 Å². The number of aryl methyl sites for hydroxylation is 1. The molecule has 0 fully saturated rings. The highest BCUT2D eigenvalue weighted by molar-refractivity contribution is 8.00. The molecule has 2 N–H and O–H groups in total. The van der Waals surface area contributed by atoms with Crippen LogP contribution in [0.1, 0.15) is 30.2 Å². The van der Waals surface area contributed by atoms with Gasteiger partial charge in [-0.25, -0.2) is 4.98 Å². The van der Waals surface area contributed by atoms with Crippen molar-refractivity contribution in [1.29, 1.82) is 0 Å². The third-order valence-electron chi connectivity index (χ3n) is 4.10. The molecule has 0 saturated heterocycles. The fourth-order valence-electron chi connectivity index (χ4n) is 2.67. The molecule has 2 aromatic rings. The molecule has 1 aliphatic carbocycles. The molecule has 0 saturated carbocycles. The summed E-state index contributed by atoms with van der Waals surface area (Å²) in [5.41, 5.74) is 3.08. The number of thioether (sulfide) groups is 1. The van der Waals surface area contributed by atoms with E-state index in [1.807, 2.05) is 13.0 Å². The first-order chi connectivity index (χ1) is 11.5. The molecule has 0 radical (unpaired) electrons. The minimum atomic E-state index is -0.397. The minimum Gasteiger partial charge on any atom is -0.325 e. The van der Waals surface area contributed by atoms with Gasteiger partial charge in [-0.2, -0.15) is 0 Å². The Bertz CT molecular complexity index is 850. The molecule has 1 aliphatic rings. The first-order valence-corrected chi connectivity index (χ1v) is 9.06.